The van der Waals surface area contributed by atoms with Gasteiger partial charge in [0.2, 0.25) is 5.91 Å². The van der Waals surface area contributed by atoms with Crippen LogP contribution in [-0.4, -0.2) is 5.91 Å². The summed E-state index contributed by atoms with van der Waals surface area (Å²) in [5.41, 5.74) is 3.53. The molecule has 0 aliphatic carbocycles. The third-order valence-corrected chi connectivity index (χ3v) is 3.30. The van der Waals surface area contributed by atoms with Crippen LogP contribution in [0, 0.1) is 12.3 Å². The molecule has 1 amide bonds. The Morgan fingerprint density at radius 1 is 1.26 bits per heavy atom. The second-order valence-corrected chi connectivity index (χ2v) is 6.84. The fraction of sp³-hybridized carbons (Fsp3) is 0.588. The van der Waals surface area contributed by atoms with E-state index in [2.05, 4.69) is 58.1 Å². The molecule has 2 heteroatoms. The van der Waals surface area contributed by atoms with Gasteiger partial charge in [-0.05, 0) is 41.9 Å². The fourth-order valence-electron chi connectivity index (χ4n) is 1.83. The minimum absolute atomic E-state index is 0.110. The molecule has 1 rings (SSSR count). The van der Waals surface area contributed by atoms with Crippen LogP contribution < -0.4 is 5.32 Å². The lowest BCUT2D eigenvalue weighted by molar-refractivity contribution is -0.116. The largest absolute Gasteiger partial charge is 0.326 e. The molecule has 0 saturated carbocycles. The zero-order valence-electron chi connectivity index (χ0n) is 13.1. The summed E-state index contributed by atoms with van der Waals surface area (Å²) in [6.07, 6.45) is 1.48. The molecule has 1 aromatic rings. The minimum atomic E-state index is 0.110. The first kappa shape index (κ1) is 15.7. The first-order chi connectivity index (χ1) is 8.69. The number of carbonyl (C=O) groups is 1. The molecule has 0 atom stereocenters. The van der Waals surface area contributed by atoms with E-state index < -0.39 is 0 Å². The molecular formula is C17H27NO. The maximum Gasteiger partial charge on any atom is 0.224 e. The van der Waals surface area contributed by atoms with Crippen molar-refractivity contribution >= 4 is 11.6 Å². The number of anilines is 1. The lowest BCUT2D eigenvalue weighted by Gasteiger charge is -2.18. The van der Waals surface area contributed by atoms with Gasteiger partial charge in [0.15, 0.2) is 0 Å². The molecule has 0 aliphatic rings. The van der Waals surface area contributed by atoms with Crippen molar-refractivity contribution < 1.29 is 4.79 Å². The highest BCUT2D eigenvalue weighted by Gasteiger charge is 2.13. The highest BCUT2D eigenvalue weighted by molar-refractivity contribution is 5.91. The van der Waals surface area contributed by atoms with Crippen LogP contribution in [0.2, 0.25) is 0 Å². The van der Waals surface area contributed by atoms with E-state index in [4.69, 9.17) is 0 Å². The third kappa shape index (κ3) is 5.46. The summed E-state index contributed by atoms with van der Waals surface area (Å²) in [7, 11) is 0. The van der Waals surface area contributed by atoms with Crippen LogP contribution in [0.1, 0.15) is 64.5 Å². The van der Waals surface area contributed by atoms with Crippen molar-refractivity contribution in [3.63, 3.8) is 0 Å². The summed E-state index contributed by atoms with van der Waals surface area (Å²) in [6.45, 7) is 12.8. The summed E-state index contributed by atoms with van der Waals surface area (Å²) in [4.78, 5) is 12.0. The lowest BCUT2D eigenvalue weighted by Crippen LogP contribution is -2.16. The Kier molecular flexibility index (Phi) is 5.16. The maximum absolute atomic E-state index is 12.0. The van der Waals surface area contributed by atoms with E-state index in [1.54, 1.807) is 0 Å². The lowest BCUT2D eigenvalue weighted by atomic mass is 9.90. The smallest absolute Gasteiger partial charge is 0.224 e. The molecule has 106 valence electrons. The molecule has 2 nitrogen and oxygen atoms in total. The van der Waals surface area contributed by atoms with E-state index in [-0.39, 0.29) is 11.3 Å². The van der Waals surface area contributed by atoms with Crippen molar-refractivity contribution in [1.29, 1.82) is 0 Å². The number of benzene rings is 1. The predicted molar refractivity (Wildman–Crippen MR) is 82.6 cm³/mol. The van der Waals surface area contributed by atoms with Crippen molar-refractivity contribution in [1.82, 2.24) is 0 Å². The van der Waals surface area contributed by atoms with Gasteiger partial charge in [-0.15, -0.1) is 0 Å². The highest BCUT2D eigenvalue weighted by Crippen LogP contribution is 2.24. The number of aryl methyl sites for hydroxylation is 1. The Morgan fingerprint density at radius 2 is 1.89 bits per heavy atom. The number of hydrogen-bond donors (Lipinski definition) is 1. The van der Waals surface area contributed by atoms with Crippen LogP contribution in [0.3, 0.4) is 0 Å². The van der Waals surface area contributed by atoms with Gasteiger partial charge in [0.25, 0.3) is 0 Å². The van der Waals surface area contributed by atoms with Gasteiger partial charge in [-0.25, -0.2) is 0 Å². The van der Waals surface area contributed by atoms with Crippen LogP contribution in [0.25, 0.3) is 0 Å². The molecule has 19 heavy (non-hydrogen) atoms. The van der Waals surface area contributed by atoms with Crippen LogP contribution >= 0.6 is 0 Å². The molecule has 0 heterocycles. The fourth-order valence-corrected chi connectivity index (χ4v) is 1.83. The summed E-state index contributed by atoms with van der Waals surface area (Å²) in [5, 5.41) is 3.04. The van der Waals surface area contributed by atoms with Crippen molar-refractivity contribution in [2.24, 2.45) is 5.41 Å². The molecule has 0 saturated heterocycles. The molecule has 0 spiro atoms. The molecule has 0 unspecified atom stereocenters. The summed E-state index contributed by atoms with van der Waals surface area (Å²) >= 11 is 0. The normalized spacial score (nSPS) is 11.7. The van der Waals surface area contributed by atoms with Gasteiger partial charge in [-0.3, -0.25) is 4.79 Å². The van der Waals surface area contributed by atoms with E-state index in [0.717, 1.165) is 17.7 Å². The Morgan fingerprint density at radius 3 is 2.42 bits per heavy atom. The molecule has 0 aliphatic heterocycles. The third-order valence-electron chi connectivity index (χ3n) is 3.30. The number of nitrogens with one attached hydrogen (secondary N) is 1. The molecule has 0 aromatic heterocycles. The van der Waals surface area contributed by atoms with E-state index in [9.17, 15) is 4.79 Å². The second kappa shape index (κ2) is 6.23. The topological polar surface area (TPSA) is 29.1 Å². The molecule has 0 bridgehead atoms. The number of amides is 1. The van der Waals surface area contributed by atoms with Crippen LogP contribution in [0.4, 0.5) is 5.69 Å². The van der Waals surface area contributed by atoms with E-state index in [0.29, 0.717) is 12.3 Å². The SMILES string of the molecule is Cc1ccc(C(C)C)cc1NC(=O)CCC(C)(C)C. The van der Waals surface area contributed by atoms with Crippen LogP contribution in [-0.2, 0) is 4.79 Å². The average Bonchev–Trinajstić information content (AvgIpc) is 2.28. The first-order valence-corrected chi connectivity index (χ1v) is 7.09. The number of carbonyl (C=O) groups excluding carboxylic acids is 1. The van der Waals surface area contributed by atoms with Crippen LogP contribution in [0.5, 0.6) is 0 Å². The molecule has 0 radical (unpaired) electrons. The Bertz CT molecular complexity index is 441. The van der Waals surface area contributed by atoms with Crippen LogP contribution in [0.15, 0.2) is 18.2 Å². The van der Waals surface area contributed by atoms with E-state index >= 15 is 0 Å². The first-order valence-electron chi connectivity index (χ1n) is 7.09. The maximum atomic E-state index is 12.0. The summed E-state index contributed by atoms with van der Waals surface area (Å²) in [5.74, 6) is 0.588. The number of hydrogen-bond acceptors (Lipinski definition) is 1. The molecule has 1 aromatic carbocycles. The van der Waals surface area contributed by atoms with Crippen molar-refractivity contribution in [3.8, 4) is 0 Å². The minimum Gasteiger partial charge on any atom is -0.326 e. The Balaban J connectivity index is 2.71. The standard InChI is InChI=1S/C17H27NO/c1-12(2)14-8-7-13(3)15(11-14)18-16(19)9-10-17(4,5)6/h7-8,11-12H,9-10H2,1-6H3,(H,18,19). The van der Waals surface area contributed by atoms with Crippen molar-refractivity contribution in [2.45, 2.75) is 60.3 Å². The Hall–Kier alpha value is -1.31. The molecule has 1 N–H and O–H groups in total. The van der Waals surface area contributed by atoms with Gasteiger partial charge in [0, 0.05) is 12.1 Å². The quantitative estimate of drug-likeness (QED) is 0.822. The Labute approximate surface area is 117 Å². The van der Waals surface area contributed by atoms with Gasteiger partial charge in [-0.2, -0.15) is 0 Å². The number of rotatable bonds is 4. The van der Waals surface area contributed by atoms with Gasteiger partial charge in [0.1, 0.15) is 0 Å². The van der Waals surface area contributed by atoms with Crippen molar-refractivity contribution in [2.75, 3.05) is 5.32 Å². The van der Waals surface area contributed by atoms with Crippen molar-refractivity contribution in [3.05, 3.63) is 29.3 Å². The highest BCUT2D eigenvalue weighted by atomic mass is 16.1. The van der Waals surface area contributed by atoms with Gasteiger partial charge in [0.05, 0.1) is 0 Å². The predicted octanol–water partition coefficient (Wildman–Crippen LogP) is 4.88. The van der Waals surface area contributed by atoms with E-state index in [1.165, 1.54) is 5.56 Å². The molecular weight excluding hydrogens is 234 g/mol. The zero-order valence-corrected chi connectivity index (χ0v) is 13.1. The summed E-state index contributed by atoms with van der Waals surface area (Å²) in [6, 6.07) is 6.30. The van der Waals surface area contributed by atoms with Gasteiger partial charge >= 0.3 is 0 Å². The van der Waals surface area contributed by atoms with E-state index in [1.807, 2.05) is 6.92 Å². The van der Waals surface area contributed by atoms with Gasteiger partial charge < -0.3 is 5.32 Å². The van der Waals surface area contributed by atoms with Gasteiger partial charge in [-0.1, -0.05) is 46.8 Å². The summed E-state index contributed by atoms with van der Waals surface area (Å²) < 4.78 is 0. The second-order valence-electron chi connectivity index (χ2n) is 6.84. The average molecular weight is 261 g/mol. The zero-order chi connectivity index (χ0) is 14.6. The monoisotopic (exact) mass is 261 g/mol. The molecule has 0 fully saturated rings.